The van der Waals surface area contributed by atoms with E-state index >= 15 is 0 Å². The van der Waals surface area contributed by atoms with Gasteiger partial charge in [0.2, 0.25) is 0 Å². The number of nitrogens with one attached hydrogen (secondary N) is 2. The highest BCUT2D eigenvalue weighted by molar-refractivity contribution is 6.31. The van der Waals surface area contributed by atoms with Crippen molar-refractivity contribution in [1.29, 1.82) is 0 Å². The molecule has 1 heterocycles. The number of halogens is 1. The summed E-state index contributed by atoms with van der Waals surface area (Å²) in [4.78, 5) is 14.2. The van der Waals surface area contributed by atoms with Gasteiger partial charge in [0, 0.05) is 19.3 Å². The first-order valence-electron chi connectivity index (χ1n) is 6.56. The number of nitro groups is 1. The maximum Gasteiger partial charge on any atom is 0.274 e. The molecule has 0 aliphatic heterocycles. The summed E-state index contributed by atoms with van der Waals surface area (Å²) in [5.74, 6) is 0.438. The van der Waals surface area contributed by atoms with Gasteiger partial charge < -0.3 is 10.6 Å². The predicted molar refractivity (Wildman–Crippen MR) is 78.9 cm³/mol. The van der Waals surface area contributed by atoms with Gasteiger partial charge in [0.1, 0.15) is 0 Å². The fourth-order valence-corrected chi connectivity index (χ4v) is 1.91. The van der Waals surface area contributed by atoms with Crippen molar-refractivity contribution in [2.75, 3.05) is 13.1 Å². The van der Waals surface area contributed by atoms with E-state index in [9.17, 15) is 10.1 Å². The molecule has 1 aromatic heterocycles. The number of aromatic nitrogens is 1. The zero-order valence-corrected chi connectivity index (χ0v) is 12.2. The van der Waals surface area contributed by atoms with E-state index < -0.39 is 4.92 Å². The third kappa shape index (κ3) is 6.38. The fraction of sp³-hybridized carbons (Fsp3) is 0.462. The number of rotatable bonds is 9. The highest BCUT2D eigenvalue weighted by Crippen LogP contribution is 2.14. The Balaban J connectivity index is 2.27. The minimum atomic E-state index is -0.474. The molecule has 0 bridgehead atoms. The Morgan fingerprint density at radius 1 is 1.50 bits per heavy atom. The monoisotopic (exact) mass is 298 g/mol. The van der Waals surface area contributed by atoms with Crippen LogP contribution >= 0.6 is 11.6 Å². The second-order valence-electron chi connectivity index (χ2n) is 4.17. The van der Waals surface area contributed by atoms with Crippen LogP contribution in [0.1, 0.15) is 25.5 Å². The lowest BCUT2D eigenvalue weighted by atomic mass is 10.2. The van der Waals surface area contributed by atoms with Gasteiger partial charge in [-0.25, -0.2) is 0 Å². The first-order valence-corrected chi connectivity index (χ1v) is 6.93. The molecule has 0 fully saturated rings. The van der Waals surface area contributed by atoms with E-state index in [1.165, 1.54) is 0 Å². The molecule has 0 radical (unpaired) electrons. The third-order valence-electron chi connectivity index (χ3n) is 2.59. The Kier molecular flexibility index (Phi) is 7.42. The van der Waals surface area contributed by atoms with Gasteiger partial charge in [-0.2, -0.15) is 0 Å². The van der Waals surface area contributed by atoms with E-state index in [0.717, 1.165) is 31.2 Å². The van der Waals surface area contributed by atoms with Crippen LogP contribution in [-0.2, 0) is 6.42 Å². The highest BCUT2D eigenvalue weighted by Gasteiger charge is 2.02. The van der Waals surface area contributed by atoms with Gasteiger partial charge in [0.25, 0.3) is 6.20 Å². The lowest BCUT2D eigenvalue weighted by Crippen LogP contribution is -2.28. The number of aryl methyl sites for hydroxylation is 1. The van der Waals surface area contributed by atoms with E-state index in [1.54, 1.807) is 12.3 Å². The number of unbranched alkanes of at least 4 members (excludes halogenated alkanes) is 1. The zero-order valence-electron chi connectivity index (χ0n) is 11.4. The molecule has 0 saturated carbocycles. The van der Waals surface area contributed by atoms with Crippen molar-refractivity contribution in [3.8, 4) is 0 Å². The van der Waals surface area contributed by atoms with Gasteiger partial charge in [0.05, 0.1) is 15.6 Å². The van der Waals surface area contributed by atoms with Gasteiger partial charge >= 0.3 is 0 Å². The van der Waals surface area contributed by atoms with E-state index in [0.29, 0.717) is 23.9 Å². The van der Waals surface area contributed by atoms with Crippen molar-refractivity contribution in [2.24, 2.45) is 0 Å². The molecule has 0 saturated heterocycles. The van der Waals surface area contributed by atoms with E-state index in [4.69, 9.17) is 11.6 Å². The molecular formula is C13H19ClN4O2. The maximum absolute atomic E-state index is 10.4. The Morgan fingerprint density at radius 3 is 2.95 bits per heavy atom. The topological polar surface area (TPSA) is 80.1 Å². The highest BCUT2D eigenvalue weighted by atomic mass is 35.5. The summed E-state index contributed by atoms with van der Waals surface area (Å²) >= 11 is 6.01. The van der Waals surface area contributed by atoms with Gasteiger partial charge in [-0.15, -0.1) is 0 Å². The number of nitrogens with zero attached hydrogens (tertiary/aromatic N) is 2. The number of hydrogen-bond donors (Lipinski definition) is 2. The summed E-state index contributed by atoms with van der Waals surface area (Å²) < 4.78 is 0. The van der Waals surface area contributed by atoms with Crippen molar-refractivity contribution in [2.45, 2.75) is 26.2 Å². The molecule has 0 aliphatic carbocycles. The molecule has 0 aliphatic rings. The number of pyridine rings is 1. The van der Waals surface area contributed by atoms with Crippen molar-refractivity contribution >= 4 is 11.6 Å². The Morgan fingerprint density at radius 2 is 2.30 bits per heavy atom. The van der Waals surface area contributed by atoms with Crippen LogP contribution in [0.3, 0.4) is 0 Å². The maximum atomic E-state index is 10.4. The fourth-order valence-electron chi connectivity index (χ4n) is 1.69. The van der Waals surface area contributed by atoms with Crippen LogP contribution in [0.5, 0.6) is 0 Å². The minimum Gasteiger partial charge on any atom is -0.367 e. The lowest BCUT2D eigenvalue weighted by Gasteiger charge is -2.09. The molecule has 0 aromatic carbocycles. The van der Waals surface area contributed by atoms with Gasteiger partial charge in [-0.1, -0.05) is 11.6 Å². The van der Waals surface area contributed by atoms with Crippen LogP contribution in [0.4, 0.5) is 0 Å². The number of hydrogen-bond acceptors (Lipinski definition) is 5. The second kappa shape index (κ2) is 9.14. The minimum absolute atomic E-state index is 0.438. The van der Waals surface area contributed by atoms with Crippen LogP contribution in [0.25, 0.3) is 0 Å². The van der Waals surface area contributed by atoms with Crippen molar-refractivity contribution in [3.05, 3.63) is 51.2 Å². The average Bonchev–Trinajstić information content (AvgIpc) is 2.40. The van der Waals surface area contributed by atoms with Crippen LogP contribution in [-0.4, -0.2) is 23.0 Å². The molecule has 0 atom stereocenters. The van der Waals surface area contributed by atoms with Crippen molar-refractivity contribution < 1.29 is 4.92 Å². The summed E-state index contributed by atoms with van der Waals surface area (Å²) in [7, 11) is 0. The van der Waals surface area contributed by atoms with Crippen LogP contribution in [0.15, 0.2) is 30.4 Å². The summed E-state index contributed by atoms with van der Waals surface area (Å²) in [6.45, 7) is 3.19. The molecule has 0 spiro atoms. The molecule has 110 valence electrons. The van der Waals surface area contributed by atoms with Gasteiger partial charge in [-0.05, 0) is 38.3 Å². The van der Waals surface area contributed by atoms with E-state index in [-0.39, 0.29) is 0 Å². The van der Waals surface area contributed by atoms with Crippen molar-refractivity contribution in [3.63, 3.8) is 0 Å². The molecule has 1 rings (SSSR count). The van der Waals surface area contributed by atoms with E-state index in [2.05, 4.69) is 15.6 Å². The van der Waals surface area contributed by atoms with Crippen LogP contribution in [0.2, 0.25) is 5.02 Å². The molecule has 0 amide bonds. The summed E-state index contributed by atoms with van der Waals surface area (Å²) in [5.41, 5.74) is 0.891. The predicted octanol–water partition coefficient (Wildman–Crippen LogP) is 2.33. The van der Waals surface area contributed by atoms with Crippen LogP contribution < -0.4 is 10.6 Å². The van der Waals surface area contributed by atoms with Gasteiger partial charge in [0.15, 0.2) is 5.82 Å². The molecule has 7 heteroatoms. The molecule has 2 N–H and O–H groups in total. The Labute approximate surface area is 123 Å². The van der Waals surface area contributed by atoms with Gasteiger partial charge in [-0.3, -0.25) is 15.1 Å². The third-order valence-corrected chi connectivity index (χ3v) is 2.94. The molecular weight excluding hydrogens is 280 g/mol. The largest absolute Gasteiger partial charge is 0.367 e. The van der Waals surface area contributed by atoms with E-state index in [1.807, 2.05) is 13.0 Å². The summed E-state index contributed by atoms with van der Waals surface area (Å²) in [6.07, 6.45) is 5.27. The van der Waals surface area contributed by atoms with Crippen molar-refractivity contribution in [1.82, 2.24) is 15.6 Å². The molecule has 20 heavy (non-hydrogen) atoms. The standard InChI is InChI=1S/C13H19ClN4O2/c1-2-15-13(10-18(19)20)17-8-4-3-7-12-11(14)6-5-9-16-12/h5-6,9-10,15,17H,2-4,7-8H2,1H3/b13-10-. The second-order valence-corrected chi connectivity index (χ2v) is 4.58. The smallest absolute Gasteiger partial charge is 0.274 e. The SMILES string of the molecule is CCN/C(=C/[N+](=O)[O-])NCCCCc1ncccc1Cl. The Hall–Kier alpha value is -1.82. The molecule has 1 aromatic rings. The quantitative estimate of drug-likeness (QED) is 0.415. The first-order chi connectivity index (χ1) is 9.63. The molecule has 0 unspecified atom stereocenters. The molecule has 6 nitrogen and oxygen atoms in total. The Bertz CT molecular complexity index is 465. The first kappa shape index (κ1) is 16.2. The van der Waals surface area contributed by atoms with Crippen LogP contribution in [0, 0.1) is 10.1 Å². The zero-order chi connectivity index (χ0) is 14.8. The lowest BCUT2D eigenvalue weighted by molar-refractivity contribution is -0.404. The average molecular weight is 299 g/mol. The summed E-state index contributed by atoms with van der Waals surface area (Å²) in [5, 5.41) is 17.0. The normalized spacial score (nSPS) is 11.2. The summed E-state index contributed by atoms with van der Waals surface area (Å²) in [6, 6.07) is 3.63.